The third-order valence-corrected chi connectivity index (χ3v) is 3.44. The lowest BCUT2D eigenvalue weighted by atomic mass is 10.2. The number of carbonyl (C=O) groups excluding carboxylic acids is 2. The molecule has 0 fully saturated rings. The van der Waals surface area contributed by atoms with Crippen LogP contribution in [0.4, 0.5) is 5.69 Å². The summed E-state index contributed by atoms with van der Waals surface area (Å²) in [4.78, 5) is 24.3. The molecule has 106 valence electrons. The number of anilines is 1. The lowest BCUT2D eigenvalue weighted by Gasteiger charge is -2.08. The minimum absolute atomic E-state index is 0.235. The molecule has 0 radical (unpaired) electrons. The van der Waals surface area contributed by atoms with Gasteiger partial charge in [0.05, 0.1) is 10.4 Å². The fourth-order valence-electron chi connectivity index (χ4n) is 1.58. The summed E-state index contributed by atoms with van der Waals surface area (Å²) < 4.78 is 4.91. The van der Waals surface area contributed by atoms with Crippen molar-refractivity contribution in [2.24, 2.45) is 0 Å². The normalized spacial score (nSPS) is 11.2. The Bertz CT molecular complexity index is 689. The monoisotopic (exact) mass is 300 g/mol. The first-order chi connectivity index (χ1) is 10.1. The molecule has 0 aliphatic carbocycles. The maximum atomic E-state index is 11.9. The van der Waals surface area contributed by atoms with E-state index in [1.165, 1.54) is 24.3 Å². The summed E-state index contributed by atoms with van der Waals surface area (Å²) in [5.74, 6) is -0.836. The molecule has 0 unspecified atom stereocenters. The van der Waals surface area contributed by atoms with Crippen molar-refractivity contribution in [3.05, 3.63) is 52.2 Å². The smallest absolute Gasteiger partial charge is 0.339 e. The number of rotatable bonds is 4. The molecule has 0 saturated heterocycles. The highest BCUT2D eigenvalue weighted by Crippen LogP contribution is 2.15. The lowest BCUT2D eigenvalue weighted by molar-refractivity contribution is 0.0435. The lowest BCUT2D eigenvalue weighted by Crippen LogP contribution is -2.14. The number of nitrogens with one attached hydrogen (secondary N) is 1. The Labute approximate surface area is 125 Å². The molecule has 0 aliphatic rings. The van der Waals surface area contributed by atoms with Gasteiger partial charge in [-0.15, -0.1) is 11.3 Å². The van der Waals surface area contributed by atoms with E-state index in [9.17, 15) is 9.59 Å². The molecule has 0 spiro atoms. The largest absolute Gasteiger partial charge is 0.444 e. The average molecular weight is 300 g/mol. The number of amides is 1. The van der Waals surface area contributed by atoms with E-state index in [1.807, 2.05) is 11.4 Å². The second-order valence-corrected chi connectivity index (χ2v) is 5.14. The SMILES string of the molecule is C[C@@H](C#N)OC(=O)c1cccc(NC(=O)c2cccs2)c1. The van der Waals surface area contributed by atoms with Crippen molar-refractivity contribution in [3.63, 3.8) is 0 Å². The predicted molar refractivity (Wildman–Crippen MR) is 79.2 cm³/mol. The molecule has 6 heteroatoms. The van der Waals surface area contributed by atoms with Gasteiger partial charge in [-0.3, -0.25) is 4.79 Å². The zero-order chi connectivity index (χ0) is 15.2. The Morgan fingerprint density at radius 1 is 1.33 bits per heavy atom. The third kappa shape index (κ3) is 3.91. The van der Waals surface area contributed by atoms with E-state index < -0.39 is 12.1 Å². The average Bonchev–Trinajstić information content (AvgIpc) is 3.01. The van der Waals surface area contributed by atoms with Crippen molar-refractivity contribution < 1.29 is 14.3 Å². The molecular weight excluding hydrogens is 288 g/mol. The molecule has 21 heavy (non-hydrogen) atoms. The standard InChI is InChI=1S/C15H12N2O3S/c1-10(9-16)20-15(19)11-4-2-5-12(8-11)17-14(18)13-6-3-7-21-13/h2-8,10H,1H3,(H,17,18)/t10-/m0/s1. The first kappa shape index (κ1) is 14.8. The summed E-state index contributed by atoms with van der Waals surface area (Å²) in [6.07, 6.45) is -0.818. The molecule has 2 rings (SSSR count). The van der Waals surface area contributed by atoms with Gasteiger partial charge in [0.2, 0.25) is 0 Å². The Hall–Kier alpha value is -2.65. The number of hydrogen-bond acceptors (Lipinski definition) is 5. The van der Waals surface area contributed by atoms with Gasteiger partial charge in [-0.1, -0.05) is 12.1 Å². The van der Waals surface area contributed by atoms with Crippen molar-refractivity contribution in [2.75, 3.05) is 5.32 Å². The summed E-state index contributed by atoms with van der Waals surface area (Å²) in [5.41, 5.74) is 0.772. The van der Waals surface area contributed by atoms with Crippen LogP contribution in [-0.4, -0.2) is 18.0 Å². The fraction of sp³-hybridized carbons (Fsp3) is 0.133. The van der Waals surface area contributed by atoms with Crippen LogP contribution in [0, 0.1) is 11.3 Å². The van der Waals surface area contributed by atoms with Gasteiger partial charge in [0, 0.05) is 5.69 Å². The van der Waals surface area contributed by atoms with E-state index in [2.05, 4.69) is 5.32 Å². The number of hydrogen-bond donors (Lipinski definition) is 1. The van der Waals surface area contributed by atoms with Crippen LogP contribution in [0.25, 0.3) is 0 Å². The molecular formula is C15H12N2O3S. The summed E-state index contributed by atoms with van der Waals surface area (Å²) in [7, 11) is 0. The molecule has 0 bridgehead atoms. The second kappa shape index (κ2) is 6.68. The highest BCUT2D eigenvalue weighted by atomic mass is 32.1. The van der Waals surface area contributed by atoms with Gasteiger partial charge in [-0.05, 0) is 36.6 Å². The van der Waals surface area contributed by atoms with Crippen molar-refractivity contribution in [1.29, 1.82) is 5.26 Å². The van der Waals surface area contributed by atoms with E-state index in [0.717, 1.165) is 0 Å². The molecule has 1 aromatic heterocycles. The molecule has 0 saturated carbocycles. The quantitative estimate of drug-likeness (QED) is 0.880. The molecule has 1 atom stereocenters. The molecule has 1 heterocycles. The number of carbonyl (C=O) groups is 2. The maximum absolute atomic E-state index is 11.9. The summed E-state index contributed by atoms with van der Waals surface area (Å²) in [5, 5.41) is 13.1. The van der Waals surface area contributed by atoms with Gasteiger partial charge < -0.3 is 10.1 Å². The van der Waals surface area contributed by atoms with Gasteiger partial charge in [0.1, 0.15) is 6.07 Å². The highest BCUT2D eigenvalue weighted by molar-refractivity contribution is 7.12. The van der Waals surface area contributed by atoms with Gasteiger partial charge in [-0.2, -0.15) is 5.26 Å². The zero-order valence-corrected chi connectivity index (χ0v) is 12.0. The molecule has 1 amide bonds. The number of benzene rings is 1. The van der Waals surface area contributed by atoms with Crippen LogP contribution in [0.5, 0.6) is 0 Å². The van der Waals surface area contributed by atoms with Crippen LogP contribution in [0.15, 0.2) is 41.8 Å². The van der Waals surface area contributed by atoms with Crippen LogP contribution in [0.3, 0.4) is 0 Å². The number of nitriles is 1. The highest BCUT2D eigenvalue weighted by Gasteiger charge is 2.13. The van der Waals surface area contributed by atoms with Crippen LogP contribution in [0.2, 0.25) is 0 Å². The van der Waals surface area contributed by atoms with Crippen LogP contribution >= 0.6 is 11.3 Å². The Morgan fingerprint density at radius 3 is 2.81 bits per heavy atom. The summed E-state index contributed by atoms with van der Waals surface area (Å²) >= 11 is 1.33. The minimum Gasteiger partial charge on any atom is -0.444 e. The Morgan fingerprint density at radius 2 is 2.14 bits per heavy atom. The van der Waals surface area contributed by atoms with Gasteiger partial charge in [0.25, 0.3) is 5.91 Å². The van der Waals surface area contributed by atoms with Crippen molar-refractivity contribution in [3.8, 4) is 6.07 Å². The van der Waals surface area contributed by atoms with E-state index >= 15 is 0 Å². The van der Waals surface area contributed by atoms with Gasteiger partial charge >= 0.3 is 5.97 Å². The van der Waals surface area contributed by atoms with Crippen LogP contribution in [-0.2, 0) is 4.74 Å². The molecule has 5 nitrogen and oxygen atoms in total. The van der Waals surface area contributed by atoms with E-state index in [0.29, 0.717) is 10.6 Å². The van der Waals surface area contributed by atoms with Gasteiger partial charge in [0.15, 0.2) is 6.10 Å². The Kier molecular flexibility index (Phi) is 4.69. The van der Waals surface area contributed by atoms with Crippen molar-refractivity contribution in [2.45, 2.75) is 13.0 Å². The van der Waals surface area contributed by atoms with E-state index in [1.54, 1.807) is 30.3 Å². The van der Waals surface area contributed by atoms with Crippen LogP contribution in [0.1, 0.15) is 27.0 Å². The predicted octanol–water partition coefficient (Wildman–Crippen LogP) is 3.07. The molecule has 1 N–H and O–H groups in total. The first-order valence-electron chi connectivity index (χ1n) is 6.15. The summed E-state index contributed by atoms with van der Waals surface area (Å²) in [6, 6.07) is 11.7. The van der Waals surface area contributed by atoms with Crippen molar-refractivity contribution in [1.82, 2.24) is 0 Å². The zero-order valence-electron chi connectivity index (χ0n) is 11.2. The third-order valence-electron chi connectivity index (χ3n) is 2.57. The number of esters is 1. The number of thiophene rings is 1. The molecule has 1 aromatic carbocycles. The fourth-order valence-corrected chi connectivity index (χ4v) is 2.20. The van der Waals surface area contributed by atoms with E-state index in [4.69, 9.17) is 10.00 Å². The maximum Gasteiger partial charge on any atom is 0.339 e. The first-order valence-corrected chi connectivity index (χ1v) is 7.03. The van der Waals surface area contributed by atoms with E-state index in [-0.39, 0.29) is 11.5 Å². The molecule has 0 aliphatic heterocycles. The van der Waals surface area contributed by atoms with Crippen LogP contribution < -0.4 is 5.32 Å². The topological polar surface area (TPSA) is 79.2 Å². The van der Waals surface area contributed by atoms with Crippen molar-refractivity contribution >= 4 is 28.9 Å². The molecule has 2 aromatic rings. The minimum atomic E-state index is -0.818. The number of nitrogens with zero attached hydrogens (tertiary/aromatic N) is 1. The van der Waals surface area contributed by atoms with Gasteiger partial charge in [-0.25, -0.2) is 4.79 Å². The Balaban J connectivity index is 2.09. The summed E-state index contributed by atoms with van der Waals surface area (Å²) in [6.45, 7) is 1.49. The number of ether oxygens (including phenoxy) is 1. The second-order valence-electron chi connectivity index (χ2n) is 4.19.